The molecule has 1 aliphatic carbocycles. The Morgan fingerprint density at radius 3 is 2.70 bits per heavy atom. The minimum absolute atomic E-state index is 0.102. The van der Waals surface area contributed by atoms with E-state index in [1.54, 1.807) is 12.4 Å². The molecule has 0 amide bonds. The van der Waals surface area contributed by atoms with Crippen molar-refractivity contribution in [2.45, 2.75) is 64.3 Å². The average Bonchev–Trinajstić information content (AvgIpc) is 2.84. The molecule has 1 aliphatic rings. The standard InChI is InChI=1S/C26H36N2O5/c1-4-6-7-8-20-9-11-21(12-10-20)22-16-27-24(28-17-22)15-23(33-25(30)5-2)13-14-32-26(31)19(3)18-29/h5,9,11-12,16-17,20,23,26,29,31H,2-4,6-8,10,13-15,18H2,1H3. The minimum Gasteiger partial charge on any atom is -0.459 e. The monoisotopic (exact) mass is 456 g/mol. The molecule has 0 bridgehead atoms. The molecule has 3 unspecified atom stereocenters. The molecule has 0 saturated carbocycles. The SMILES string of the molecule is C=CC(=O)OC(CCOC(O)C(=C)CO)Cc1ncc(C2=CCC(CCCCC)C=C2)cn1. The quantitative estimate of drug-likeness (QED) is 0.136. The molecular weight excluding hydrogens is 420 g/mol. The second-order valence-electron chi connectivity index (χ2n) is 8.19. The maximum absolute atomic E-state index is 11.7. The van der Waals surface area contributed by atoms with Crippen LogP contribution in [0.3, 0.4) is 0 Å². The molecule has 1 aromatic heterocycles. The highest BCUT2D eigenvalue weighted by molar-refractivity contribution is 5.81. The van der Waals surface area contributed by atoms with E-state index in [2.05, 4.69) is 48.3 Å². The van der Waals surface area contributed by atoms with Crippen molar-refractivity contribution < 1.29 is 24.5 Å². The van der Waals surface area contributed by atoms with Crippen LogP contribution in [0.5, 0.6) is 0 Å². The summed E-state index contributed by atoms with van der Waals surface area (Å²) in [4.78, 5) is 20.6. The number of aromatic nitrogens is 2. The number of ether oxygens (including phenoxy) is 2. The average molecular weight is 457 g/mol. The van der Waals surface area contributed by atoms with Crippen molar-refractivity contribution in [3.05, 3.63) is 66.8 Å². The first-order valence-corrected chi connectivity index (χ1v) is 11.6. The van der Waals surface area contributed by atoms with Gasteiger partial charge in [0.05, 0.1) is 13.2 Å². The Bertz CT molecular complexity index is 832. The number of rotatable bonds is 15. The molecule has 1 aromatic rings. The highest BCUT2D eigenvalue weighted by atomic mass is 16.6. The lowest BCUT2D eigenvalue weighted by Gasteiger charge is -2.19. The van der Waals surface area contributed by atoms with Crippen LogP contribution < -0.4 is 0 Å². The Balaban J connectivity index is 1.92. The van der Waals surface area contributed by atoms with E-state index >= 15 is 0 Å². The van der Waals surface area contributed by atoms with E-state index in [4.69, 9.17) is 14.6 Å². The molecule has 180 valence electrons. The Labute approximate surface area is 196 Å². The molecule has 33 heavy (non-hydrogen) atoms. The number of hydrogen-bond donors (Lipinski definition) is 2. The van der Waals surface area contributed by atoms with Crippen LogP contribution in [0.1, 0.15) is 56.8 Å². The van der Waals surface area contributed by atoms with Gasteiger partial charge < -0.3 is 19.7 Å². The van der Waals surface area contributed by atoms with Crippen LogP contribution in [0.2, 0.25) is 0 Å². The first-order valence-electron chi connectivity index (χ1n) is 11.6. The molecule has 0 saturated heterocycles. The van der Waals surface area contributed by atoms with Crippen molar-refractivity contribution >= 4 is 11.5 Å². The summed E-state index contributed by atoms with van der Waals surface area (Å²) in [6.45, 7) is 8.89. The number of nitrogens with zero attached hydrogens (tertiary/aromatic N) is 2. The van der Waals surface area contributed by atoms with E-state index in [9.17, 15) is 9.90 Å². The lowest BCUT2D eigenvalue weighted by atomic mass is 9.90. The predicted octanol–water partition coefficient (Wildman–Crippen LogP) is 3.93. The fourth-order valence-electron chi connectivity index (χ4n) is 3.48. The zero-order valence-corrected chi connectivity index (χ0v) is 19.5. The smallest absolute Gasteiger partial charge is 0.330 e. The predicted molar refractivity (Wildman–Crippen MR) is 128 cm³/mol. The molecule has 7 heteroatoms. The van der Waals surface area contributed by atoms with Gasteiger partial charge in [-0.3, -0.25) is 0 Å². The highest BCUT2D eigenvalue weighted by Crippen LogP contribution is 2.26. The molecule has 2 N–H and O–H groups in total. The molecule has 2 rings (SSSR count). The third-order valence-electron chi connectivity index (χ3n) is 5.53. The van der Waals surface area contributed by atoms with Gasteiger partial charge in [-0.05, 0) is 24.3 Å². The van der Waals surface area contributed by atoms with E-state index in [0.717, 1.165) is 23.6 Å². The van der Waals surface area contributed by atoms with Crippen molar-refractivity contribution in [1.82, 2.24) is 9.97 Å². The number of aliphatic hydroxyl groups excluding tert-OH is 2. The number of carbonyl (C=O) groups is 1. The number of aliphatic hydroxyl groups is 2. The van der Waals surface area contributed by atoms with Crippen molar-refractivity contribution in [3.63, 3.8) is 0 Å². The molecule has 0 fully saturated rings. The van der Waals surface area contributed by atoms with Crippen molar-refractivity contribution in [2.24, 2.45) is 5.92 Å². The largest absolute Gasteiger partial charge is 0.459 e. The zero-order chi connectivity index (χ0) is 24.1. The van der Waals surface area contributed by atoms with E-state index in [-0.39, 0.29) is 18.8 Å². The molecule has 0 aliphatic heterocycles. The van der Waals surface area contributed by atoms with Crippen molar-refractivity contribution in [3.8, 4) is 0 Å². The van der Waals surface area contributed by atoms with Gasteiger partial charge in [-0.25, -0.2) is 14.8 Å². The summed E-state index contributed by atoms with van der Waals surface area (Å²) >= 11 is 0. The molecule has 0 aromatic carbocycles. The first-order chi connectivity index (χ1) is 16.0. The van der Waals surface area contributed by atoms with E-state index in [1.165, 1.54) is 25.7 Å². The van der Waals surface area contributed by atoms with Gasteiger partial charge in [0.2, 0.25) is 0 Å². The summed E-state index contributed by atoms with van der Waals surface area (Å²) in [5.41, 5.74) is 2.23. The van der Waals surface area contributed by atoms with Crippen molar-refractivity contribution in [1.29, 1.82) is 0 Å². The van der Waals surface area contributed by atoms with Gasteiger partial charge in [0.15, 0.2) is 6.29 Å². The Morgan fingerprint density at radius 2 is 2.09 bits per heavy atom. The first kappa shape index (κ1) is 26.6. The highest BCUT2D eigenvalue weighted by Gasteiger charge is 2.18. The van der Waals surface area contributed by atoms with Crippen LogP contribution in [0.4, 0.5) is 0 Å². The van der Waals surface area contributed by atoms with Gasteiger partial charge in [-0.15, -0.1) is 0 Å². The van der Waals surface area contributed by atoms with Gasteiger partial charge in [-0.2, -0.15) is 0 Å². The second kappa shape index (κ2) is 14.5. The van der Waals surface area contributed by atoms with Gasteiger partial charge in [0, 0.05) is 42.4 Å². The molecule has 0 spiro atoms. The fourth-order valence-corrected chi connectivity index (χ4v) is 3.48. The third-order valence-corrected chi connectivity index (χ3v) is 5.53. The Morgan fingerprint density at radius 1 is 1.33 bits per heavy atom. The van der Waals surface area contributed by atoms with Gasteiger partial charge >= 0.3 is 5.97 Å². The molecule has 7 nitrogen and oxygen atoms in total. The molecular formula is C26H36N2O5. The molecule has 3 atom stereocenters. The van der Waals surface area contributed by atoms with Gasteiger partial charge in [0.25, 0.3) is 0 Å². The molecule has 0 radical (unpaired) electrons. The third kappa shape index (κ3) is 9.42. The topological polar surface area (TPSA) is 102 Å². The zero-order valence-electron chi connectivity index (χ0n) is 19.5. The van der Waals surface area contributed by atoms with Crippen LogP contribution in [-0.4, -0.2) is 51.8 Å². The summed E-state index contributed by atoms with van der Waals surface area (Å²) < 4.78 is 10.6. The Kier molecular flexibility index (Phi) is 11.7. The molecule has 1 heterocycles. The van der Waals surface area contributed by atoms with Crippen LogP contribution in [-0.2, 0) is 20.7 Å². The summed E-state index contributed by atoms with van der Waals surface area (Å²) in [6.07, 6.45) is 16.2. The number of esters is 1. The maximum Gasteiger partial charge on any atom is 0.330 e. The van der Waals surface area contributed by atoms with Gasteiger partial charge in [0.1, 0.15) is 11.9 Å². The number of carbonyl (C=O) groups excluding carboxylic acids is 1. The number of allylic oxidation sites excluding steroid dienone is 4. The van der Waals surface area contributed by atoms with Gasteiger partial charge in [-0.1, -0.05) is 57.6 Å². The number of hydrogen-bond acceptors (Lipinski definition) is 7. The van der Waals surface area contributed by atoms with E-state index in [0.29, 0.717) is 24.6 Å². The van der Waals surface area contributed by atoms with Crippen LogP contribution in [0, 0.1) is 5.92 Å². The lowest BCUT2D eigenvalue weighted by Crippen LogP contribution is -2.25. The minimum atomic E-state index is -1.27. The lowest BCUT2D eigenvalue weighted by molar-refractivity contribution is -0.145. The van der Waals surface area contributed by atoms with Crippen LogP contribution in [0.25, 0.3) is 5.57 Å². The van der Waals surface area contributed by atoms with E-state index < -0.39 is 18.4 Å². The summed E-state index contributed by atoms with van der Waals surface area (Å²) in [5, 5.41) is 18.7. The summed E-state index contributed by atoms with van der Waals surface area (Å²) in [5.74, 6) is 0.595. The van der Waals surface area contributed by atoms with Crippen LogP contribution >= 0.6 is 0 Å². The van der Waals surface area contributed by atoms with Crippen LogP contribution in [0.15, 0.2) is 55.4 Å². The summed E-state index contributed by atoms with van der Waals surface area (Å²) in [7, 11) is 0. The number of unbranched alkanes of at least 4 members (excludes halogenated alkanes) is 2. The normalized spacial score (nSPS) is 17.2. The maximum atomic E-state index is 11.7. The Hall–Kier alpha value is -2.61. The van der Waals surface area contributed by atoms with Crippen molar-refractivity contribution in [2.75, 3.05) is 13.2 Å². The second-order valence-corrected chi connectivity index (χ2v) is 8.19. The van der Waals surface area contributed by atoms with E-state index in [1.807, 2.05) is 0 Å². The summed E-state index contributed by atoms with van der Waals surface area (Å²) in [6, 6.07) is 0. The fraction of sp³-hybridized carbons (Fsp3) is 0.500.